The van der Waals surface area contributed by atoms with Crippen molar-refractivity contribution in [1.29, 1.82) is 0 Å². The van der Waals surface area contributed by atoms with Crippen molar-refractivity contribution in [2.45, 2.75) is 23.7 Å². The van der Waals surface area contributed by atoms with Crippen molar-refractivity contribution in [3.63, 3.8) is 0 Å². The molecule has 0 N–H and O–H groups in total. The van der Waals surface area contributed by atoms with Gasteiger partial charge in [-0.05, 0) is 36.4 Å². The third-order valence-electron chi connectivity index (χ3n) is 4.32. The van der Waals surface area contributed by atoms with Gasteiger partial charge in [0.15, 0.2) is 0 Å². The van der Waals surface area contributed by atoms with Crippen LogP contribution in [0.2, 0.25) is 0 Å². The van der Waals surface area contributed by atoms with Crippen molar-refractivity contribution in [3.8, 4) is 11.5 Å². The van der Waals surface area contributed by atoms with Gasteiger partial charge in [-0.3, -0.25) is 0 Å². The Hall–Kier alpha value is -2.03. The Morgan fingerprint density at radius 1 is 1.16 bits per heavy atom. The van der Waals surface area contributed by atoms with Crippen molar-refractivity contribution in [1.82, 2.24) is 14.5 Å². The van der Waals surface area contributed by atoms with Gasteiger partial charge in [0.25, 0.3) is 0 Å². The third-order valence-corrected chi connectivity index (χ3v) is 6.89. The van der Waals surface area contributed by atoms with Crippen LogP contribution >= 0.6 is 11.3 Å². The summed E-state index contributed by atoms with van der Waals surface area (Å²) < 4.78 is 32.9. The lowest BCUT2D eigenvalue weighted by Gasteiger charge is -2.30. The second-order valence-corrected chi connectivity index (χ2v) is 8.69. The zero-order valence-electron chi connectivity index (χ0n) is 13.4. The van der Waals surface area contributed by atoms with Gasteiger partial charge in [0.2, 0.25) is 21.8 Å². The van der Waals surface area contributed by atoms with E-state index in [1.165, 1.54) is 4.31 Å². The summed E-state index contributed by atoms with van der Waals surface area (Å²) >= 11 is 1.57. The number of nitrogens with zero attached hydrogens (tertiary/aromatic N) is 3. The lowest BCUT2D eigenvalue weighted by molar-refractivity contribution is 0.286. The molecule has 1 unspecified atom stereocenters. The quantitative estimate of drug-likeness (QED) is 0.699. The molecule has 0 saturated carbocycles. The van der Waals surface area contributed by atoms with Gasteiger partial charge in [0.05, 0.1) is 10.8 Å². The fraction of sp³-hybridized carbons (Fsp3) is 0.294. The standard InChI is InChI=1S/C17H17N3O3S2/c21-25(22,15-6-2-1-3-7-15)20-9-4-5-13(11-20)16-18-19-17(23-16)14-8-10-24-12-14/h1-3,6-8,10,12-13H,4-5,9,11H2. The normalized spacial score (nSPS) is 19.1. The largest absolute Gasteiger partial charge is 0.420 e. The molecule has 0 amide bonds. The molecule has 1 saturated heterocycles. The van der Waals surface area contributed by atoms with E-state index in [0.717, 1.165) is 18.4 Å². The zero-order chi connectivity index (χ0) is 17.3. The van der Waals surface area contributed by atoms with Crippen LogP contribution in [0, 0.1) is 0 Å². The van der Waals surface area contributed by atoms with E-state index in [1.54, 1.807) is 35.6 Å². The van der Waals surface area contributed by atoms with Crippen LogP contribution in [0.25, 0.3) is 11.5 Å². The van der Waals surface area contributed by atoms with Crippen molar-refractivity contribution in [2.24, 2.45) is 0 Å². The van der Waals surface area contributed by atoms with Crippen LogP contribution in [-0.2, 0) is 10.0 Å². The molecule has 25 heavy (non-hydrogen) atoms. The lowest BCUT2D eigenvalue weighted by Crippen LogP contribution is -2.39. The van der Waals surface area contributed by atoms with Crippen molar-refractivity contribution >= 4 is 21.4 Å². The topological polar surface area (TPSA) is 76.3 Å². The van der Waals surface area contributed by atoms with Crippen LogP contribution < -0.4 is 0 Å². The Labute approximate surface area is 150 Å². The van der Waals surface area contributed by atoms with Gasteiger partial charge < -0.3 is 4.42 Å². The van der Waals surface area contributed by atoms with Gasteiger partial charge in [-0.1, -0.05) is 18.2 Å². The second kappa shape index (κ2) is 6.70. The second-order valence-electron chi connectivity index (χ2n) is 5.97. The molecule has 2 aromatic heterocycles. The number of hydrogen-bond donors (Lipinski definition) is 0. The molecule has 0 bridgehead atoms. The molecule has 1 fully saturated rings. The molecule has 4 rings (SSSR count). The molecule has 6 nitrogen and oxygen atoms in total. The maximum atomic E-state index is 12.8. The van der Waals surface area contributed by atoms with Crippen molar-refractivity contribution < 1.29 is 12.8 Å². The third kappa shape index (κ3) is 3.24. The highest BCUT2D eigenvalue weighted by Crippen LogP contribution is 2.31. The first-order valence-electron chi connectivity index (χ1n) is 8.06. The van der Waals surface area contributed by atoms with E-state index < -0.39 is 10.0 Å². The Balaban J connectivity index is 1.55. The highest BCUT2D eigenvalue weighted by molar-refractivity contribution is 7.89. The Morgan fingerprint density at radius 3 is 2.76 bits per heavy atom. The number of benzene rings is 1. The predicted octanol–water partition coefficient (Wildman–Crippen LogP) is 3.37. The SMILES string of the molecule is O=S(=O)(c1ccccc1)N1CCCC(c2nnc(-c3ccsc3)o2)C1. The van der Waals surface area contributed by atoms with E-state index in [0.29, 0.717) is 29.8 Å². The minimum atomic E-state index is -3.49. The summed E-state index contributed by atoms with van der Waals surface area (Å²) in [6.07, 6.45) is 1.61. The molecule has 1 aliphatic heterocycles. The number of rotatable bonds is 4. The fourth-order valence-corrected chi connectivity index (χ4v) is 5.18. The first-order chi connectivity index (χ1) is 12.1. The van der Waals surface area contributed by atoms with E-state index in [1.807, 2.05) is 22.9 Å². The van der Waals surface area contributed by atoms with Crippen molar-refractivity contribution in [3.05, 3.63) is 53.0 Å². The number of aromatic nitrogens is 2. The van der Waals surface area contributed by atoms with Gasteiger partial charge >= 0.3 is 0 Å². The van der Waals surface area contributed by atoms with E-state index in [-0.39, 0.29) is 5.92 Å². The average Bonchev–Trinajstić information content (AvgIpc) is 3.34. The minimum absolute atomic E-state index is 0.0767. The van der Waals surface area contributed by atoms with E-state index in [9.17, 15) is 8.42 Å². The Morgan fingerprint density at radius 2 is 2.00 bits per heavy atom. The van der Waals surface area contributed by atoms with Crippen LogP contribution in [0.1, 0.15) is 24.7 Å². The predicted molar refractivity (Wildman–Crippen MR) is 94.8 cm³/mol. The monoisotopic (exact) mass is 375 g/mol. The van der Waals surface area contributed by atoms with E-state index in [4.69, 9.17) is 4.42 Å². The molecule has 130 valence electrons. The maximum Gasteiger partial charge on any atom is 0.248 e. The van der Waals surface area contributed by atoms with Crippen LogP contribution in [0.5, 0.6) is 0 Å². The fourth-order valence-electron chi connectivity index (χ4n) is 3.01. The summed E-state index contributed by atoms with van der Waals surface area (Å²) in [4.78, 5) is 0.320. The first kappa shape index (κ1) is 16.4. The summed E-state index contributed by atoms with van der Waals surface area (Å²) in [7, 11) is -3.49. The number of piperidine rings is 1. The molecule has 3 aromatic rings. The van der Waals surface area contributed by atoms with Gasteiger partial charge in [-0.15, -0.1) is 10.2 Å². The first-order valence-corrected chi connectivity index (χ1v) is 10.4. The van der Waals surface area contributed by atoms with Gasteiger partial charge in [0, 0.05) is 24.0 Å². The molecule has 3 heterocycles. The molecule has 1 aromatic carbocycles. The van der Waals surface area contributed by atoms with Gasteiger partial charge in [-0.25, -0.2) is 8.42 Å². The van der Waals surface area contributed by atoms with Crippen LogP contribution in [0.4, 0.5) is 0 Å². The van der Waals surface area contributed by atoms with E-state index >= 15 is 0 Å². The lowest BCUT2D eigenvalue weighted by atomic mass is 10.00. The van der Waals surface area contributed by atoms with Crippen LogP contribution in [-0.4, -0.2) is 36.0 Å². The molecule has 8 heteroatoms. The molecule has 1 aliphatic rings. The zero-order valence-corrected chi connectivity index (χ0v) is 15.0. The van der Waals surface area contributed by atoms with Gasteiger partial charge in [0.1, 0.15) is 0 Å². The average molecular weight is 375 g/mol. The molecule has 0 radical (unpaired) electrons. The summed E-state index contributed by atoms with van der Waals surface area (Å²) in [5.41, 5.74) is 0.897. The highest BCUT2D eigenvalue weighted by atomic mass is 32.2. The molecule has 0 spiro atoms. The Kier molecular flexibility index (Phi) is 4.41. The number of thiophene rings is 1. The van der Waals surface area contributed by atoms with Gasteiger partial charge in [-0.2, -0.15) is 15.6 Å². The summed E-state index contributed by atoms with van der Waals surface area (Å²) in [6, 6.07) is 10.5. The van der Waals surface area contributed by atoms with Crippen LogP contribution in [0.15, 0.2) is 56.5 Å². The number of sulfonamides is 1. The summed E-state index contributed by atoms with van der Waals surface area (Å²) in [5.74, 6) is 0.917. The molecular weight excluding hydrogens is 358 g/mol. The smallest absolute Gasteiger partial charge is 0.248 e. The number of hydrogen-bond acceptors (Lipinski definition) is 6. The summed E-state index contributed by atoms with van der Waals surface area (Å²) in [6.45, 7) is 0.877. The van der Waals surface area contributed by atoms with Crippen molar-refractivity contribution in [2.75, 3.05) is 13.1 Å². The Bertz CT molecular complexity index is 937. The summed E-state index contributed by atoms with van der Waals surface area (Å²) in [5, 5.41) is 12.2. The molecular formula is C17H17N3O3S2. The maximum absolute atomic E-state index is 12.8. The minimum Gasteiger partial charge on any atom is -0.420 e. The van der Waals surface area contributed by atoms with Crippen LogP contribution in [0.3, 0.4) is 0 Å². The highest BCUT2D eigenvalue weighted by Gasteiger charge is 2.33. The van der Waals surface area contributed by atoms with E-state index in [2.05, 4.69) is 10.2 Å². The molecule has 1 atom stereocenters. The molecule has 0 aliphatic carbocycles.